The van der Waals surface area contributed by atoms with Gasteiger partial charge in [0.25, 0.3) is 0 Å². The molecule has 0 N–H and O–H groups in total. The standard InChI is InChI=1S/C19H29ClN4O2/c20-16-12-21-24(13-16)10-9-22-7-5-19(6-8-22)4-3-18(25)23(15-19)14-17-2-1-11-26-17/h12-13,17H,1-11,14-15H2. The highest BCUT2D eigenvalue weighted by molar-refractivity contribution is 6.30. The number of aromatic nitrogens is 2. The van der Waals surface area contributed by atoms with Crippen LogP contribution < -0.4 is 0 Å². The first-order valence-electron chi connectivity index (χ1n) is 9.92. The number of ether oxygens (including phenoxy) is 1. The monoisotopic (exact) mass is 380 g/mol. The van der Waals surface area contributed by atoms with Gasteiger partial charge in [-0.2, -0.15) is 5.10 Å². The second-order valence-corrected chi connectivity index (χ2v) is 8.61. The molecule has 1 atom stereocenters. The second kappa shape index (κ2) is 7.87. The van der Waals surface area contributed by atoms with Crippen LogP contribution in [0.2, 0.25) is 5.02 Å². The van der Waals surface area contributed by atoms with Gasteiger partial charge in [0.15, 0.2) is 0 Å². The summed E-state index contributed by atoms with van der Waals surface area (Å²) in [5.41, 5.74) is 0.317. The van der Waals surface area contributed by atoms with Crippen LogP contribution in [-0.4, -0.2) is 70.9 Å². The molecule has 1 spiro atoms. The summed E-state index contributed by atoms with van der Waals surface area (Å²) in [7, 11) is 0. The van der Waals surface area contributed by atoms with Crippen molar-refractivity contribution in [2.24, 2.45) is 5.41 Å². The number of carbonyl (C=O) groups excluding carboxylic acids is 1. The molecular weight excluding hydrogens is 352 g/mol. The highest BCUT2D eigenvalue weighted by atomic mass is 35.5. The fraction of sp³-hybridized carbons (Fsp3) is 0.789. The molecular formula is C19H29ClN4O2. The lowest BCUT2D eigenvalue weighted by molar-refractivity contribution is -0.141. The normalized spacial score (nSPS) is 26.7. The molecule has 3 aliphatic rings. The zero-order valence-corrected chi connectivity index (χ0v) is 16.2. The molecule has 6 nitrogen and oxygen atoms in total. The Morgan fingerprint density at radius 1 is 1.27 bits per heavy atom. The molecule has 0 saturated carbocycles. The Morgan fingerprint density at radius 3 is 2.81 bits per heavy atom. The fourth-order valence-corrected chi connectivity index (χ4v) is 4.82. The first-order chi connectivity index (χ1) is 12.6. The summed E-state index contributed by atoms with van der Waals surface area (Å²) in [6, 6.07) is 0. The first kappa shape index (κ1) is 18.3. The van der Waals surface area contributed by atoms with Gasteiger partial charge in [-0.25, -0.2) is 0 Å². The predicted molar refractivity (Wildman–Crippen MR) is 100 cm³/mol. The van der Waals surface area contributed by atoms with Crippen LogP contribution in [0.5, 0.6) is 0 Å². The molecule has 1 aromatic rings. The summed E-state index contributed by atoms with van der Waals surface area (Å²) >= 11 is 5.93. The van der Waals surface area contributed by atoms with Gasteiger partial charge in [-0.15, -0.1) is 0 Å². The Labute approximate surface area is 160 Å². The van der Waals surface area contributed by atoms with E-state index < -0.39 is 0 Å². The molecule has 3 saturated heterocycles. The molecule has 4 rings (SSSR count). The van der Waals surface area contributed by atoms with E-state index in [0.29, 0.717) is 22.8 Å². The molecule has 3 aliphatic heterocycles. The number of hydrogen-bond donors (Lipinski definition) is 0. The van der Waals surface area contributed by atoms with Gasteiger partial charge in [-0.3, -0.25) is 9.48 Å². The Morgan fingerprint density at radius 2 is 2.12 bits per heavy atom. The van der Waals surface area contributed by atoms with E-state index in [0.717, 1.165) is 65.1 Å². The minimum atomic E-state index is 0.259. The van der Waals surface area contributed by atoms with Crippen LogP contribution >= 0.6 is 11.6 Å². The van der Waals surface area contributed by atoms with Gasteiger partial charge in [0.05, 0.1) is 23.9 Å². The van der Waals surface area contributed by atoms with Crippen molar-refractivity contribution in [2.75, 3.05) is 39.3 Å². The summed E-state index contributed by atoms with van der Waals surface area (Å²) in [6.45, 7) is 6.68. The number of piperidine rings is 2. The highest BCUT2D eigenvalue weighted by Gasteiger charge is 2.41. The van der Waals surface area contributed by atoms with Gasteiger partial charge in [-0.1, -0.05) is 11.6 Å². The lowest BCUT2D eigenvalue weighted by Gasteiger charge is -2.47. The van der Waals surface area contributed by atoms with E-state index in [-0.39, 0.29) is 6.10 Å². The zero-order chi connectivity index (χ0) is 18.0. The number of amides is 1. The van der Waals surface area contributed by atoms with E-state index in [9.17, 15) is 4.79 Å². The van der Waals surface area contributed by atoms with E-state index in [1.807, 2.05) is 10.9 Å². The van der Waals surface area contributed by atoms with Gasteiger partial charge in [0.2, 0.25) is 5.91 Å². The maximum atomic E-state index is 12.4. The maximum Gasteiger partial charge on any atom is 0.222 e. The lowest BCUT2D eigenvalue weighted by Crippen LogP contribution is -2.53. The summed E-state index contributed by atoms with van der Waals surface area (Å²) in [6.07, 6.45) is 10.2. The van der Waals surface area contributed by atoms with Crippen LogP contribution in [0.25, 0.3) is 0 Å². The molecule has 1 amide bonds. The van der Waals surface area contributed by atoms with Crippen molar-refractivity contribution in [1.82, 2.24) is 19.6 Å². The van der Waals surface area contributed by atoms with Crippen molar-refractivity contribution < 1.29 is 9.53 Å². The summed E-state index contributed by atoms with van der Waals surface area (Å²) < 4.78 is 7.66. The van der Waals surface area contributed by atoms with Crippen molar-refractivity contribution in [3.63, 3.8) is 0 Å². The molecule has 0 bridgehead atoms. The van der Waals surface area contributed by atoms with E-state index in [1.54, 1.807) is 6.20 Å². The molecule has 1 aromatic heterocycles. The van der Waals surface area contributed by atoms with Crippen LogP contribution in [0.15, 0.2) is 12.4 Å². The first-order valence-corrected chi connectivity index (χ1v) is 10.3. The minimum Gasteiger partial charge on any atom is -0.376 e. The maximum absolute atomic E-state index is 12.4. The average molecular weight is 381 g/mol. The van der Waals surface area contributed by atoms with E-state index in [1.165, 1.54) is 12.8 Å². The van der Waals surface area contributed by atoms with Gasteiger partial charge >= 0.3 is 0 Å². The number of halogens is 1. The second-order valence-electron chi connectivity index (χ2n) is 8.17. The number of rotatable bonds is 5. The third-order valence-corrected chi connectivity index (χ3v) is 6.56. The van der Waals surface area contributed by atoms with E-state index in [4.69, 9.17) is 16.3 Å². The lowest BCUT2D eigenvalue weighted by atomic mass is 9.72. The highest BCUT2D eigenvalue weighted by Crippen LogP contribution is 2.40. The Bertz CT molecular complexity index is 621. The number of carbonyl (C=O) groups is 1. The SMILES string of the molecule is O=C1CCC2(CCN(CCn3cc(Cl)cn3)CC2)CN1CC1CCCO1. The van der Waals surface area contributed by atoms with Gasteiger partial charge < -0.3 is 14.5 Å². The zero-order valence-electron chi connectivity index (χ0n) is 15.4. The van der Waals surface area contributed by atoms with Gasteiger partial charge in [-0.05, 0) is 50.6 Å². The predicted octanol–water partition coefficient (Wildman–Crippen LogP) is 2.42. The van der Waals surface area contributed by atoms with Crippen molar-refractivity contribution in [1.29, 1.82) is 0 Å². The summed E-state index contributed by atoms with van der Waals surface area (Å²) in [5.74, 6) is 0.323. The molecule has 0 aromatic carbocycles. The minimum absolute atomic E-state index is 0.259. The summed E-state index contributed by atoms with van der Waals surface area (Å²) in [5, 5.41) is 4.95. The molecule has 0 aliphatic carbocycles. The van der Waals surface area contributed by atoms with Crippen LogP contribution in [0.3, 0.4) is 0 Å². The molecule has 144 valence electrons. The van der Waals surface area contributed by atoms with E-state index in [2.05, 4.69) is 14.9 Å². The van der Waals surface area contributed by atoms with Crippen LogP contribution in [0, 0.1) is 5.41 Å². The smallest absolute Gasteiger partial charge is 0.222 e. The Hall–Kier alpha value is -1.11. The molecule has 4 heterocycles. The molecule has 7 heteroatoms. The Kier molecular flexibility index (Phi) is 5.53. The van der Waals surface area contributed by atoms with Crippen molar-refractivity contribution >= 4 is 17.5 Å². The topological polar surface area (TPSA) is 50.6 Å². The van der Waals surface area contributed by atoms with Crippen LogP contribution in [-0.2, 0) is 16.1 Å². The van der Waals surface area contributed by atoms with Gasteiger partial charge in [0, 0.05) is 38.9 Å². The fourth-order valence-electron chi connectivity index (χ4n) is 4.67. The third-order valence-electron chi connectivity index (χ3n) is 6.36. The Balaban J connectivity index is 1.27. The molecule has 0 radical (unpaired) electrons. The van der Waals surface area contributed by atoms with E-state index >= 15 is 0 Å². The molecule has 1 unspecified atom stereocenters. The average Bonchev–Trinajstić information content (AvgIpc) is 3.30. The third kappa shape index (κ3) is 4.24. The van der Waals surface area contributed by atoms with Crippen molar-refractivity contribution in [3.05, 3.63) is 17.4 Å². The molecule has 3 fully saturated rings. The number of nitrogens with zero attached hydrogens (tertiary/aromatic N) is 4. The van der Waals surface area contributed by atoms with Crippen LogP contribution in [0.1, 0.15) is 38.5 Å². The quantitative estimate of drug-likeness (QED) is 0.787. The molecule has 26 heavy (non-hydrogen) atoms. The van der Waals surface area contributed by atoms with Gasteiger partial charge in [0.1, 0.15) is 0 Å². The number of likely N-dealkylation sites (tertiary alicyclic amines) is 2. The summed E-state index contributed by atoms with van der Waals surface area (Å²) in [4.78, 5) is 17.0. The van der Waals surface area contributed by atoms with Crippen LogP contribution in [0.4, 0.5) is 0 Å². The largest absolute Gasteiger partial charge is 0.376 e. The van der Waals surface area contributed by atoms with Crippen molar-refractivity contribution in [2.45, 2.75) is 51.2 Å². The number of hydrogen-bond acceptors (Lipinski definition) is 4. The van der Waals surface area contributed by atoms with Crippen molar-refractivity contribution in [3.8, 4) is 0 Å².